The summed E-state index contributed by atoms with van der Waals surface area (Å²) in [5.41, 5.74) is 1.45. The van der Waals surface area contributed by atoms with Gasteiger partial charge in [0, 0.05) is 6.54 Å². The molecule has 0 saturated carbocycles. The van der Waals surface area contributed by atoms with Gasteiger partial charge in [-0.25, -0.2) is 13.2 Å². The predicted octanol–water partition coefficient (Wildman–Crippen LogP) is 4.75. The van der Waals surface area contributed by atoms with Crippen molar-refractivity contribution in [3.63, 3.8) is 0 Å². The van der Waals surface area contributed by atoms with Crippen LogP contribution in [0.5, 0.6) is 5.75 Å². The second kappa shape index (κ2) is 12.1. The number of rotatable bonds is 11. The molecule has 3 N–H and O–H groups in total. The number of esters is 1. The van der Waals surface area contributed by atoms with E-state index in [1.807, 2.05) is 13.8 Å². The maximum Gasteiger partial charge on any atom is 0.338 e. The van der Waals surface area contributed by atoms with Gasteiger partial charge in [-0.15, -0.1) is 0 Å². The highest BCUT2D eigenvalue weighted by Gasteiger charge is 2.20. The van der Waals surface area contributed by atoms with Crippen LogP contribution in [-0.2, 0) is 14.8 Å². The molecular formula is C26H29N3O6S. The van der Waals surface area contributed by atoms with Gasteiger partial charge in [0.1, 0.15) is 5.75 Å². The van der Waals surface area contributed by atoms with E-state index < -0.39 is 21.9 Å². The average molecular weight is 512 g/mol. The minimum Gasteiger partial charge on any atom is -0.494 e. The van der Waals surface area contributed by atoms with Crippen LogP contribution in [0.2, 0.25) is 0 Å². The number of carbonyl (C=O) groups is 2. The largest absolute Gasteiger partial charge is 0.494 e. The van der Waals surface area contributed by atoms with Crippen molar-refractivity contribution in [2.45, 2.75) is 25.7 Å². The SMILES string of the molecule is CCNc1ccc(C(=O)OCC)cc1NC(=O)c1ccccc1NS(=O)(=O)c1ccc(OCC)cc1. The molecule has 0 spiro atoms. The van der Waals surface area contributed by atoms with E-state index in [0.717, 1.165) is 0 Å². The van der Waals surface area contributed by atoms with Crippen molar-refractivity contribution < 1.29 is 27.5 Å². The summed E-state index contributed by atoms with van der Waals surface area (Å²) in [6.45, 7) is 6.71. The van der Waals surface area contributed by atoms with Gasteiger partial charge >= 0.3 is 5.97 Å². The first-order chi connectivity index (χ1) is 17.3. The summed E-state index contributed by atoms with van der Waals surface area (Å²) in [7, 11) is -3.97. The highest BCUT2D eigenvalue weighted by molar-refractivity contribution is 7.92. The number of hydrogen-bond acceptors (Lipinski definition) is 7. The van der Waals surface area contributed by atoms with Gasteiger partial charge in [-0.3, -0.25) is 9.52 Å². The maximum absolute atomic E-state index is 13.2. The van der Waals surface area contributed by atoms with Crippen LogP contribution in [0, 0.1) is 0 Å². The van der Waals surface area contributed by atoms with Crippen LogP contribution < -0.4 is 20.1 Å². The molecule has 0 aliphatic rings. The van der Waals surface area contributed by atoms with Gasteiger partial charge in [0.25, 0.3) is 15.9 Å². The summed E-state index contributed by atoms with van der Waals surface area (Å²) in [5, 5.41) is 5.91. The van der Waals surface area contributed by atoms with Crippen LogP contribution in [0.1, 0.15) is 41.5 Å². The molecule has 9 nitrogen and oxygen atoms in total. The molecule has 1 amide bonds. The van der Waals surface area contributed by atoms with Gasteiger partial charge in [0.15, 0.2) is 0 Å². The predicted molar refractivity (Wildman–Crippen MR) is 139 cm³/mol. The van der Waals surface area contributed by atoms with Crippen molar-refractivity contribution in [3.8, 4) is 5.75 Å². The average Bonchev–Trinajstić information content (AvgIpc) is 2.86. The highest BCUT2D eigenvalue weighted by Crippen LogP contribution is 2.27. The molecule has 0 aliphatic carbocycles. The quantitative estimate of drug-likeness (QED) is 0.318. The fourth-order valence-corrected chi connectivity index (χ4v) is 4.46. The van der Waals surface area contributed by atoms with Crippen molar-refractivity contribution in [3.05, 3.63) is 77.9 Å². The number of nitrogens with one attached hydrogen (secondary N) is 3. The topological polar surface area (TPSA) is 123 Å². The Kier molecular flexibility index (Phi) is 8.91. The molecule has 36 heavy (non-hydrogen) atoms. The number of carbonyl (C=O) groups excluding carboxylic acids is 2. The Morgan fingerprint density at radius 1 is 0.833 bits per heavy atom. The number of benzene rings is 3. The summed E-state index contributed by atoms with van der Waals surface area (Å²) in [5.74, 6) is -0.516. The standard InChI is InChI=1S/C26H29N3O6S/c1-4-27-23-16-11-18(26(31)35-6-3)17-24(23)28-25(30)21-9-7-8-10-22(21)29-36(32,33)20-14-12-19(13-15-20)34-5-2/h7-17,27,29H,4-6H2,1-3H3,(H,28,30). The Morgan fingerprint density at radius 3 is 2.22 bits per heavy atom. The van der Waals surface area contributed by atoms with E-state index in [1.165, 1.54) is 30.3 Å². The van der Waals surface area contributed by atoms with Crippen LogP contribution in [0.4, 0.5) is 17.1 Å². The lowest BCUT2D eigenvalue weighted by Crippen LogP contribution is -2.19. The first kappa shape index (κ1) is 26.6. The molecule has 0 unspecified atom stereocenters. The summed E-state index contributed by atoms with van der Waals surface area (Å²) < 4.78 is 38.9. The summed E-state index contributed by atoms with van der Waals surface area (Å²) >= 11 is 0. The van der Waals surface area contributed by atoms with Crippen LogP contribution >= 0.6 is 0 Å². The zero-order chi connectivity index (χ0) is 26.1. The lowest BCUT2D eigenvalue weighted by molar-refractivity contribution is 0.0526. The zero-order valence-electron chi connectivity index (χ0n) is 20.3. The molecule has 0 saturated heterocycles. The number of anilines is 3. The monoisotopic (exact) mass is 511 g/mol. The van der Waals surface area contributed by atoms with Crippen molar-refractivity contribution in [2.75, 3.05) is 35.1 Å². The molecular weight excluding hydrogens is 482 g/mol. The van der Waals surface area contributed by atoms with E-state index in [-0.39, 0.29) is 28.3 Å². The third-order valence-electron chi connectivity index (χ3n) is 5.01. The molecule has 0 atom stereocenters. The van der Waals surface area contributed by atoms with E-state index in [9.17, 15) is 18.0 Å². The summed E-state index contributed by atoms with van der Waals surface area (Å²) in [6.07, 6.45) is 0. The number of amides is 1. The maximum atomic E-state index is 13.2. The number of ether oxygens (including phenoxy) is 2. The van der Waals surface area contributed by atoms with Gasteiger partial charge < -0.3 is 20.1 Å². The third kappa shape index (κ3) is 6.54. The smallest absolute Gasteiger partial charge is 0.338 e. The minimum atomic E-state index is -3.97. The van der Waals surface area contributed by atoms with Crippen LogP contribution in [0.15, 0.2) is 71.6 Å². The number of para-hydroxylation sites is 1. The molecule has 0 heterocycles. The van der Waals surface area contributed by atoms with E-state index in [4.69, 9.17) is 9.47 Å². The number of hydrogen-bond donors (Lipinski definition) is 3. The normalized spacial score (nSPS) is 10.9. The molecule has 190 valence electrons. The van der Waals surface area contributed by atoms with Gasteiger partial charge in [-0.05, 0) is 75.4 Å². The van der Waals surface area contributed by atoms with E-state index in [2.05, 4.69) is 15.4 Å². The summed E-state index contributed by atoms with van der Waals surface area (Å²) in [4.78, 5) is 25.4. The molecule has 3 aromatic carbocycles. The van der Waals surface area contributed by atoms with Crippen molar-refractivity contribution in [1.29, 1.82) is 0 Å². The molecule has 0 fully saturated rings. The van der Waals surface area contributed by atoms with Crippen LogP contribution in [-0.4, -0.2) is 40.1 Å². The minimum absolute atomic E-state index is 0.0257. The Balaban J connectivity index is 1.88. The fourth-order valence-electron chi connectivity index (χ4n) is 3.38. The molecule has 0 aromatic heterocycles. The van der Waals surface area contributed by atoms with Gasteiger partial charge in [0.05, 0.1) is 46.3 Å². The van der Waals surface area contributed by atoms with Gasteiger partial charge in [-0.2, -0.15) is 0 Å². The first-order valence-corrected chi connectivity index (χ1v) is 13.0. The second-order valence-corrected chi connectivity index (χ2v) is 9.20. The van der Waals surface area contributed by atoms with Crippen LogP contribution in [0.25, 0.3) is 0 Å². The van der Waals surface area contributed by atoms with E-state index >= 15 is 0 Å². The third-order valence-corrected chi connectivity index (χ3v) is 6.39. The van der Waals surface area contributed by atoms with Crippen molar-refractivity contribution in [1.82, 2.24) is 0 Å². The lowest BCUT2D eigenvalue weighted by Gasteiger charge is -2.16. The highest BCUT2D eigenvalue weighted by atomic mass is 32.2. The van der Waals surface area contributed by atoms with Crippen molar-refractivity contribution in [2.24, 2.45) is 0 Å². The fraction of sp³-hybridized carbons (Fsp3) is 0.231. The van der Waals surface area contributed by atoms with Gasteiger partial charge in [-0.1, -0.05) is 12.1 Å². The van der Waals surface area contributed by atoms with E-state index in [0.29, 0.717) is 30.3 Å². The Labute approximate surface area is 210 Å². The molecule has 3 aromatic rings. The second-order valence-electron chi connectivity index (χ2n) is 7.52. The zero-order valence-corrected chi connectivity index (χ0v) is 21.1. The Bertz CT molecular complexity index is 1320. The lowest BCUT2D eigenvalue weighted by atomic mass is 10.1. The first-order valence-electron chi connectivity index (χ1n) is 11.5. The molecule has 3 rings (SSSR count). The molecule has 0 radical (unpaired) electrons. The number of sulfonamides is 1. The molecule has 10 heteroatoms. The molecule has 0 bridgehead atoms. The Hall–Kier alpha value is -4.05. The van der Waals surface area contributed by atoms with Crippen molar-refractivity contribution >= 4 is 39.0 Å². The molecule has 0 aliphatic heterocycles. The van der Waals surface area contributed by atoms with Crippen LogP contribution in [0.3, 0.4) is 0 Å². The summed E-state index contributed by atoms with van der Waals surface area (Å²) in [6, 6.07) is 17.0. The van der Waals surface area contributed by atoms with Gasteiger partial charge in [0.2, 0.25) is 0 Å². The van der Waals surface area contributed by atoms with E-state index in [1.54, 1.807) is 43.3 Å². The Morgan fingerprint density at radius 2 is 1.56 bits per heavy atom.